The number of nitrogens with zero attached hydrogens (tertiary/aromatic N) is 1. The Balaban J connectivity index is 1.86. The molecule has 124 valence electrons. The van der Waals surface area contributed by atoms with Gasteiger partial charge in [-0.05, 0) is 50.2 Å². The molecule has 1 aromatic carbocycles. The van der Waals surface area contributed by atoms with Crippen molar-refractivity contribution < 1.29 is 9.84 Å². The summed E-state index contributed by atoms with van der Waals surface area (Å²) in [4.78, 5) is 2.38. The first-order chi connectivity index (χ1) is 10.3. The van der Waals surface area contributed by atoms with Crippen LogP contribution >= 0.6 is 0 Å². The van der Waals surface area contributed by atoms with Gasteiger partial charge in [-0.15, -0.1) is 0 Å². The van der Waals surface area contributed by atoms with Gasteiger partial charge in [-0.3, -0.25) is 0 Å². The molecule has 1 N–H and O–H groups in total. The van der Waals surface area contributed by atoms with E-state index in [1.165, 1.54) is 12.0 Å². The number of hydrogen-bond donors (Lipinski definition) is 1. The topological polar surface area (TPSA) is 32.7 Å². The van der Waals surface area contributed by atoms with Gasteiger partial charge < -0.3 is 14.7 Å². The zero-order valence-electron chi connectivity index (χ0n) is 14.7. The van der Waals surface area contributed by atoms with Crippen LogP contribution in [0.3, 0.4) is 0 Å². The normalized spacial score (nSPS) is 24.3. The van der Waals surface area contributed by atoms with Crippen LogP contribution in [-0.2, 0) is 0 Å². The molecule has 2 rings (SSSR count). The van der Waals surface area contributed by atoms with Gasteiger partial charge in [0, 0.05) is 19.6 Å². The minimum absolute atomic E-state index is 0.365. The van der Waals surface area contributed by atoms with Crippen molar-refractivity contribution in [3.63, 3.8) is 0 Å². The summed E-state index contributed by atoms with van der Waals surface area (Å²) in [5, 5.41) is 10.3. The molecule has 3 heteroatoms. The van der Waals surface area contributed by atoms with Gasteiger partial charge in [0.25, 0.3) is 0 Å². The molecule has 0 aromatic heterocycles. The number of aliphatic hydroxyl groups excluding tert-OH is 1. The molecule has 0 bridgehead atoms. The fourth-order valence-electron chi connectivity index (χ4n) is 3.87. The molecule has 22 heavy (non-hydrogen) atoms. The predicted molar refractivity (Wildman–Crippen MR) is 91.5 cm³/mol. The second-order valence-corrected chi connectivity index (χ2v) is 7.36. The lowest BCUT2D eigenvalue weighted by molar-refractivity contribution is 0.0426. The van der Waals surface area contributed by atoms with Gasteiger partial charge in [0.05, 0.1) is 0 Å². The van der Waals surface area contributed by atoms with Crippen molar-refractivity contribution in [3.05, 3.63) is 28.8 Å². The molecule has 3 nitrogen and oxygen atoms in total. The molecule has 0 spiro atoms. The van der Waals surface area contributed by atoms with Crippen molar-refractivity contribution in [2.45, 2.75) is 47.1 Å². The number of β-amino-alcohol motifs (C(OH)–C–C–N with tert-alkyl or cyclic N) is 1. The molecule has 1 aliphatic heterocycles. The summed E-state index contributed by atoms with van der Waals surface area (Å²) in [6.45, 7) is 14.1. The van der Waals surface area contributed by atoms with E-state index in [2.05, 4.69) is 51.7 Å². The predicted octanol–water partition coefficient (Wildman–Crippen LogP) is 3.33. The molecule has 0 saturated carbocycles. The summed E-state index contributed by atoms with van der Waals surface area (Å²) in [7, 11) is 0. The van der Waals surface area contributed by atoms with E-state index >= 15 is 0 Å². The second-order valence-electron chi connectivity index (χ2n) is 7.36. The molecule has 1 aliphatic rings. The second kappa shape index (κ2) is 7.47. The van der Waals surface area contributed by atoms with Gasteiger partial charge in [0.2, 0.25) is 0 Å². The van der Waals surface area contributed by atoms with Crippen LogP contribution in [0, 0.1) is 32.6 Å². The molecule has 1 aromatic rings. The monoisotopic (exact) mass is 305 g/mol. The molecular formula is C19H31NO2. The number of aliphatic hydroxyl groups is 1. The molecule has 1 heterocycles. The van der Waals surface area contributed by atoms with E-state index in [0.29, 0.717) is 13.2 Å². The highest BCUT2D eigenvalue weighted by Gasteiger charge is 2.23. The van der Waals surface area contributed by atoms with Crippen LogP contribution in [0.15, 0.2) is 12.1 Å². The molecular weight excluding hydrogens is 274 g/mol. The van der Waals surface area contributed by atoms with E-state index in [1.807, 2.05) is 0 Å². The fourth-order valence-corrected chi connectivity index (χ4v) is 3.87. The smallest absolute Gasteiger partial charge is 0.125 e. The maximum absolute atomic E-state index is 10.3. The first-order valence-electron chi connectivity index (χ1n) is 8.46. The number of likely N-dealkylation sites (tertiary alicyclic amines) is 1. The third-order valence-corrected chi connectivity index (χ3v) is 4.44. The lowest BCUT2D eigenvalue weighted by atomic mass is 9.92. The van der Waals surface area contributed by atoms with Crippen LogP contribution in [0.1, 0.15) is 37.0 Å². The van der Waals surface area contributed by atoms with Gasteiger partial charge >= 0.3 is 0 Å². The number of aryl methyl sites for hydroxylation is 3. The molecule has 3 atom stereocenters. The van der Waals surface area contributed by atoms with Crippen molar-refractivity contribution in [2.75, 3.05) is 26.2 Å². The van der Waals surface area contributed by atoms with Crippen LogP contribution in [0.5, 0.6) is 5.75 Å². The van der Waals surface area contributed by atoms with Crippen molar-refractivity contribution in [1.29, 1.82) is 0 Å². The van der Waals surface area contributed by atoms with Crippen molar-refractivity contribution in [2.24, 2.45) is 11.8 Å². The summed E-state index contributed by atoms with van der Waals surface area (Å²) in [5.41, 5.74) is 3.54. The SMILES string of the molecule is Cc1cc(C)c(OC[C@H](O)CN2C[C@H](C)C[C@H](C)C2)c(C)c1. The minimum atomic E-state index is -0.433. The highest BCUT2D eigenvalue weighted by Crippen LogP contribution is 2.25. The highest BCUT2D eigenvalue weighted by atomic mass is 16.5. The van der Waals surface area contributed by atoms with Crippen LogP contribution in [0.2, 0.25) is 0 Å². The molecule has 0 radical (unpaired) electrons. The quantitative estimate of drug-likeness (QED) is 0.906. The highest BCUT2D eigenvalue weighted by molar-refractivity contribution is 5.42. The van der Waals surface area contributed by atoms with Crippen LogP contribution in [-0.4, -0.2) is 42.4 Å². The van der Waals surface area contributed by atoms with Crippen LogP contribution in [0.4, 0.5) is 0 Å². The third-order valence-electron chi connectivity index (χ3n) is 4.44. The first kappa shape index (κ1) is 17.3. The van der Waals surface area contributed by atoms with Gasteiger partial charge in [-0.1, -0.05) is 31.5 Å². The molecule has 0 unspecified atom stereocenters. The van der Waals surface area contributed by atoms with Crippen molar-refractivity contribution in [1.82, 2.24) is 4.90 Å². The lowest BCUT2D eigenvalue weighted by Gasteiger charge is -2.36. The van der Waals surface area contributed by atoms with Crippen molar-refractivity contribution in [3.8, 4) is 5.75 Å². The Morgan fingerprint density at radius 1 is 1.14 bits per heavy atom. The average Bonchev–Trinajstić information content (AvgIpc) is 2.35. The Morgan fingerprint density at radius 3 is 2.23 bits per heavy atom. The van der Waals surface area contributed by atoms with E-state index in [-0.39, 0.29) is 0 Å². The molecule has 0 aliphatic carbocycles. The Labute approximate surface area is 135 Å². The Bertz CT molecular complexity index is 467. The van der Waals surface area contributed by atoms with E-state index in [1.54, 1.807) is 0 Å². The van der Waals surface area contributed by atoms with E-state index in [9.17, 15) is 5.11 Å². The van der Waals surface area contributed by atoms with Gasteiger partial charge in [-0.25, -0.2) is 0 Å². The van der Waals surface area contributed by atoms with Crippen LogP contribution < -0.4 is 4.74 Å². The molecule has 0 amide bonds. The summed E-state index contributed by atoms with van der Waals surface area (Å²) in [5.74, 6) is 2.36. The maximum atomic E-state index is 10.3. The Hall–Kier alpha value is -1.06. The summed E-state index contributed by atoms with van der Waals surface area (Å²) >= 11 is 0. The zero-order valence-corrected chi connectivity index (χ0v) is 14.7. The van der Waals surface area contributed by atoms with Crippen LogP contribution in [0.25, 0.3) is 0 Å². The van der Waals surface area contributed by atoms with Crippen molar-refractivity contribution >= 4 is 0 Å². The van der Waals surface area contributed by atoms with Gasteiger partial charge in [0.1, 0.15) is 18.5 Å². The average molecular weight is 305 g/mol. The number of ether oxygens (including phenoxy) is 1. The molecule has 1 saturated heterocycles. The summed E-state index contributed by atoms with van der Waals surface area (Å²) < 4.78 is 5.90. The van der Waals surface area contributed by atoms with Gasteiger partial charge in [0.15, 0.2) is 0 Å². The maximum Gasteiger partial charge on any atom is 0.125 e. The number of hydrogen-bond acceptors (Lipinski definition) is 3. The van der Waals surface area contributed by atoms with Gasteiger partial charge in [-0.2, -0.15) is 0 Å². The number of piperidine rings is 1. The molecule has 1 fully saturated rings. The third kappa shape index (κ3) is 4.72. The van der Waals surface area contributed by atoms with E-state index < -0.39 is 6.10 Å². The standard InChI is InChI=1S/C19H31NO2/c1-13-7-16(4)19(17(5)8-13)22-12-18(21)11-20-9-14(2)6-15(3)10-20/h7-8,14-15,18,21H,6,9-12H2,1-5H3/t14-,15+,18-/m1/s1. The van der Waals surface area contributed by atoms with E-state index in [4.69, 9.17) is 4.74 Å². The minimum Gasteiger partial charge on any atom is -0.490 e. The first-order valence-corrected chi connectivity index (χ1v) is 8.46. The fraction of sp³-hybridized carbons (Fsp3) is 0.684. The largest absolute Gasteiger partial charge is 0.490 e. The Morgan fingerprint density at radius 2 is 1.68 bits per heavy atom. The Kier molecular flexibility index (Phi) is 5.87. The summed E-state index contributed by atoms with van der Waals surface area (Å²) in [6, 6.07) is 4.26. The van der Waals surface area contributed by atoms with E-state index in [0.717, 1.165) is 41.8 Å². The lowest BCUT2D eigenvalue weighted by Crippen LogP contribution is -2.44. The number of rotatable bonds is 5. The zero-order chi connectivity index (χ0) is 16.3. The summed E-state index contributed by atoms with van der Waals surface area (Å²) in [6.07, 6.45) is 0.864. The number of benzene rings is 1.